The molecule has 0 atom stereocenters. The lowest BCUT2D eigenvalue weighted by Crippen LogP contribution is -2.13. The number of fused-ring (bicyclic) bond motifs is 1. The van der Waals surface area contributed by atoms with Gasteiger partial charge in [0.2, 0.25) is 5.95 Å². The minimum absolute atomic E-state index is 0.0108. The predicted octanol–water partition coefficient (Wildman–Crippen LogP) is 0.491. The second-order valence-corrected chi connectivity index (χ2v) is 4.25. The summed E-state index contributed by atoms with van der Waals surface area (Å²) >= 11 is 0. The summed E-state index contributed by atoms with van der Waals surface area (Å²) in [6.07, 6.45) is 1.26. The highest BCUT2D eigenvalue weighted by Crippen LogP contribution is 2.13. The number of carboxylic acid groups (broad SMARTS) is 1. The second-order valence-electron chi connectivity index (χ2n) is 4.25. The Labute approximate surface area is 117 Å². The van der Waals surface area contributed by atoms with Crippen molar-refractivity contribution in [3.63, 3.8) is 0 Å². The lowest BCUT2D eigenvalue weighted by molar-refractivity contribution is -0.137. The maximum Gasteiger partial charge on any atom is 0.325 e. The monoisotopic (exact) mass is 286 g/mol. The molecule has 0 spiro atoms. The Morgan fingerprint density at radius 3 is 2.90 bits per heavy atom. The van der Waals surface area contributed by atoms with Gasteiger partial charge in [0.25, 0.3) is 5.91 Å². The number of nitrogens with zero attached hydrogens (tertiary/aromatic N) is 4. The van der Waals surface area contributed by atoms with E-state index in [1.165, 1.54) is 6.20 Å². The van der Waals surface area contributed by atoms with Gasteiger partial charge < -0.3 is 10.1 Å². The first-order chi connectivity index (χ1) is 10.1. The van der Waals surface area contributed by atoms with E-state index in [0.29, 0.717) is 0 Å². The van der Waals surface area contributed by atoms with Crippen molar-refractivity contribution in [3.05, 3.63) is 36.2 Å². The smallest absolute Gasteiger partial charge is 0.325 e. The highest BCUT2D eigenvalue weighted by molar-refractivity contribution is 6.02. The van der Waals surface area contributed by atoms with Crippen LogP contribution in [0.1, 0.15) is 10.5 Å². The number of para-hydroxylation sites is 2. The van der Waals surface area contributed by atoms with E-state index in [2.05, 4.69) is 25.6 Å². The predicted molar refractivity (Wildman–Crippen MR) is 71.7 cm³/mol. The van der Waals surface area contributed by atoms with E-state index in [0.717, 1.165) is 15.7 Å². The van der Waals surface area contributed by atoms with E-state index in [9.17, 15) is 9.59 Å². The molecule has 9 nitrogen and oxygen atoms in total. The summed E-state index contributed by atoms with van der Waals surface area (Å²) in [4.78, 5) is 29.6. The number of aromatic amines is 1. The molecule has 0 bridgehead atoms. The van der Waals surface area contributed by atoms with Gasteiger partial charge in [-0.25, -0.2) is 9.67 Å². The van der Waals surface area contributed by atoms with E-state index < -0.39 is 11.9 Å². The van der Waals surface area contributed by atoms with Crippen LogP contribution in [-0.4, -0.2) is 41.9 Å². The summed E-state index contributed by atoms with van der Waals surface area (Å²) in [5.41, 5.74) is 1.53. The molecule has 3 aromatic rings. The van der Waals surface area contributed by atoms with E-state index in [1.807, 2.05) is 24.3 Å². The van der Waals surface area contributed by atoms with E-state index >= 15 is 0 Å². The third-order valence-electron chi connectivity index (χ3n) is 2.69. The van der Waals surface area contributed by atoms with E-state index in [4.69, 9.17) is 5.11 Å². The Balaban J connectivity index is 1.76. The fraction of sp³-hybridized carbons (Fsp3) is 0.0833. The number of anilines is 1. The average molecular weight is 286 g/mol. The normalized spacial score (nSPS) is 10.7. The molecule has 106 valence electrons. The largest absolute Gasteiger partial charge is 0.480 e. The van der Waals surface area contributed by atoms with Crippen molar-refractivity contribution < 1.29 is 14.7 Å². The van der Waals surface area contributed by atoms with Crippen LogP contribution >= 0.6 is 0 Å². The van der Waals surface area contributed by atoms with Crippen molar-refractivity contribution in [1.29, 1.82) is 0 Å². The Morgan fingerprint density at radius 1 is 1.33 bits per heavy atom. The van der Waals surface area contributed by atoms with Gasteiger partial charge in [-0.3, -0.25) is 14.9 Å². The quantitative estimate of drug-likeness (QED) is 0.640. The first-order valence-corrected chi connectivity index (χ1v) is 6.00. The number of amides is 1. The topological polar surface area (TPSA) is 126 Å². The number of carbonyl (C=O) groups excluding carboxylic acids is 1. The van der Waals surface area contributed by atoms with Crippen LogP contribution in [0.5, 0.6) is 0 Å². The lowest BCUT2D eigenvalue weighted by atomic mass is 10.3. The van der Waals surface area contributed by atoms with Crippen LogP contribution in [0.4, 0.5) is 5.95 Å². The van der Waals surface area contributed by atoms with Gasteiger partial charge in [0.1, 0.15) is 6.54 Å². The summed E-state index contributed by atoms with van der Waals surface area (Å²) in [7, 11) is 0. The van der Waals surface area contributed by atoms with Crippen LogP contribution in [0.15, 0.2) is 30.5 Å². The van der Waals surface area contributed by atoms with Gasteiger partial charge in [-0.05, 0) is 12.1 Å². The number of imidazole rings is 1. The third kappa shape index (κ3) is 2.71. The van der Waals surface area contributed by atoms with Crippen molar-refractivity contribution in [3.8, 4) is 0 Å². The van der Waals surface area contributed by atoms with Gasteiger partial charge in [0, 0.05) is 0 Å². The molecule has 0 saturated heterocycles. The molecule has 9 heteroatoms. The van der Waals surface area contributed by atoms with Gasteiger partial charge in [-0.15, -0.1) is 5.10 Å². The van der Waals surface area contributed by atoms with Crippen LogP contribution < -0.4 is 5.32 Å². The second kappa shape index (κ2) is 5.04. The fourth-order valence-electron chi connectivity index (χ4n) is 1.80. The molecule has 0 saturated carbocycles. The number of aromatic nitrogens is 5. The van der Waals surface area contributed by atoms with Gasteiger partial charge in [-0.2, -0.15) is 0 Å². The van der Waals surface area contributed by atoms with Gasteiger partial charge in [-0.1, -0.05) is 17.3 Å². The molecule has 1 amide bonds. The number of carbonyl (C=O) groups is 2. The molecule has 2 heterocycles. The Bertz CT molecular complexity index is 788. The zero-order valence-corrected chi connectivity index (χ0v) is 10.6. The van der Waals surface area contributed by atoms with E-state index in [1.54, 1.807) is 0 Å². The fourth-order valence-corrected chi connectivity index (χ4v) is 1.80. The molecule has 0 aliphatic carbocycles. The number of aliphatic carboxylic acids is 1. The number of benzene rings is 1. The molecule has 3 N–H and O–H groups in total. The van der Waals surface area contributed by atoms with Crippen molar-refractivity contribution >= 4 is 28.9 Å². The number of rotatable bonds is 4. The average Bonchev–Trinajstić information content (AvgIpc) is 3.03. The first-order valence-electron chi connectivity index (χ1n) is 6.00. The maximum absolute atomic E-state index is 12.0. The molecule has 0 radical (unpaired) electrons. The van der Waals surface area contributed by atoms with E-state index in [-0.39, 0.29) is 18.2 Å². The lowest BCUT2D eigenvalue weighted by Gasteiger charge is -1.96. The molecule has 0 aliphatic rings. The minimum atomic E-state index is -1.07. The molecule has 0 fully saturated rings. The molecule has 1 aromatic carbocycles. The summed E-state index contributed by atoms with van der Waals surface area (Å²) in [6.45, 7) is -0.356. The van der Waals surface area contributed by atoms with Gasteiger partial charge >= 0.3 is 5.97 Å². The summed E-state index contributed by atoms with van der Waals surface area (Å²) in [6, 6.07) is 7.33. The summed E-state index contributed by atoms with van der Waals surface area (Å²) < 4.78 is 1.07. The van der Waals surface area contributed by atoms with Gasteiger partial charge in [0.15, 0.2) is 5.69 Å². The summed E-state index contributed by atoms with van der Waals surface area (Å²) in [5.74, 6) is -1.30. The third-order valence-corrected chi connectivity index (χ3v) is 2.69. The zero-order valence-electron chi connectivity index (χ0n) is 10.6. The SMILES string of the molecule is O=C(O)Cn1cc(C(=O)Nc2nc3ccccc3[nH]2)nn1. The Hall–Kier alpha value is -3.23. The molecular formula is C12H10N6O3. The van der Waals surface area contributed by atoms with Crippen molar-refractivity contribution in [2.75, 3.05) is 5.32 Å². The van der Waals surface area contributed by atoms with Crippen LogP contribution in [0.25, 0.3) is 11.0 Å². The number of nitrogens with one attached hydrogen (secondary N) is 2. The minimum Gasteiger partial charge on any atom is -0.480 e. The number of hydrogen-bond donors (Lipinski definition) is 3. The number of H-pyrrole nitrogens is 1. The number of carboxylic acids is 1. The van der Waals surface area contributed by atoms with Crippen molar-refractivity contribution in [2.24, 2.45) is 0 Å². The molecule has 0 aliphatic heterocycles. The molecule has 3 rings (SSSR count). The van der Waals surface area contributed by atoms with Crippen LogP contribution in [-0.2, 0) is 11.3 Å². The highest BCUT2D eigenvalue weighted by Gasteiger charge is 2.14. The van der Waals surface area contributed by atoms with Crippen molar-refractivity contribution in [1.82, 2.24) is 25.0 Å². The maximum atomic E-state index is 12.0. The highest BCUT2D eigenvalue weighted by atomic mass is 16.4. The van der Waals surface area contributed by atoms with Gasteiger partial charge in [0.05, 0.1) is 17.2 Å². The first kappa shape index (κ1) is 12.8. The van der Waals surface area contributed by atoms with Crippen LogP contribution in [0.3, 0.4) is 0 Å². The Morgan fingerprint density at radius 2 is 2.14 bits per heavy atom. The molecule has 2 aromatic heterocycles. The number of hydrogen-bond acceptors (Lipinski definition) is 5. The standard InChI is InChI=1S/C12H10N6O3/c19-10(20)6-18-5-9(16-17-18)11(21)15-12-13-7-3-1-2-4-8(7)14-12/h1-5H,6H2,(H,19,20)(H2,13,14,15,21). The Kier molecular flexibility index (Phi) is 3.07. The van der Waals surface area contributed by atoms with Crippen LogP contribution in [0.2, 0.25) is 0 Å². The van der Waals surface area contributed by atoms with Crippen LogP contribution in [0, 0.1) is 0 Å². The zero-order chi connectivity index (χ0) is 14.8. The molecular weight excluding hydrogens is 276 g/mol. The molecule has 0 unspecified atom stereocenters. The summed E-state index contributed by atoms with van der Waals surface area (Å²) in [5, 5.41) is 18.3. The van der Waals surface area contributed by atoms with Crippen molar-refractivity contribution in [2.45, 2.75) is 6.54 Å². The molecule has 21 heavy (non-hydrogen) atoms.